The van der Waals surface area contributed by atoms with Crippen LogP contribution in [0.5, 0.6) is 5.75 Å². The molecular formula is C20H34FIN4O. The first-order valence-electron chi connectivity index (χ1n) is 9.73. The molecule has 0 aliphatic carbocycles. The van der Waals surface area contributed by atoms with E-state index in [1.54, 1.807) is 12.1 Å². The van der Waals surface area contributed by atoms with E-state index in [1.165, 1.54) is 38.1 Å². The van der Waals surface area contributed by atoms with Crippen molar-refractivity contribution in [2.24, 2.45) is 10.9 Å². The first kappa shape index (κ1) is 23.9. The lowest BCUT2D eigenvalue weighted by Gasteiger charge is -2.29. The molecule has 1 saturated heterocycles. The first-order valence-corrected chi connectivity index (χ1v) is 9.73. The molecule has 1 atom stereocenters. The molecule has 1 fully saturated rings. The molecule has 0 saturated carbocycles. The Morgan fingerprint density at radius 2 is 2.04 bits per heavy atom. The molecule has 1 aliphatic heterocycles. The molecule has 27 heavy (non-hydrogen) atoms. The Labute approximate surface area is 180 Å². The van der Waals surface area contributed by atoms with Gasteiger partial charge in [-0.2, -0.15) is 0 Å². The molecule has 0 amide bonds. The number of hydrogen-bond acceptors (Lipinski definition) is 3. The Bertz CT molecular complexity index is 565. The van der Waals surface area contributed by atoms with E-state index in [9.17, 15) is 4.39 Å². The summed E-state index contributed by atoms with van der Waals surface area (Å²) in [6, 6.07) is 6.27. The molecule has 0 bridgehead atoms. The minimum Gasteiger partial charge on any atom is -0.488 e. The molecule has 1 heterocycles. The highest BCUT2D eigenvalue weighted by molar-refractivity contribution is 14.0. The van der Waals surface area contributed by atoms with Gasteiger partial charge < -0.3 is 20.3 Å². The monoisotopic (exact) mass is 492 g/mol. The fraction of sp³-hybridized carbons (Fsp3) is 0.650. The minimum atomic E-state index is -0.283. The average molecular weight is 492 g/mol. The van der Waals surface area contributed by atoms with E-state index in [0.29, 0.717) is 18.2 Å². The normalized spacial score (nSPS) is 17.1. The van der Waals surface area contributed by atoms with Gasteiger partial charge in [0, 0.05) is 19.2 Å². The highest BCUT2D eigenvalue weighted by Crippen LogP contribution is 2.16. The summed E-state index contributed by atoms with van der Waals surface area (Å²) >= 11 is 0. The Morgan fingerprint density at radius 3 is 2.67 bits per heavy atom. The number of nitrogens with one attached hydrogen (secondary N) is 2. The summed E-state index contributed by atoms with van der Waals surface area (Å²) in [5.41, 5.74) is 0. The van der Waals surface area contributed by atoms with Crippen molar-refractivity contribution in [3.63, 3.8) is 0 Å². The third kappa shape index (κ3) is 9.10. The first-order chi connectivity index (χ1) is 12.6. The molecule has 1 aromatic rings. The van der Waals surface area contributed by atoms with Crippen LogP contribution in [-0.4, -0.2) is 56.7 Å². The third-order valence-electron chi connectivity index (χ3n) is 4.75. The van der Waals surface area contributed by atoms with Crippen LogP contribution in [0.3, 0.4) is 0 Å². The van der Waals surface area contributed by atoms with E-state index in [1.807, 2.05) is 0 Å². The van der Waals surface area contributed by atoms with Gasteiger partial charge in [0.15, 0.2) is 5.96 Å². The molecule has 2 rings (SSSR count). The summed E-state index contributed by atoms with van der Waals surface area (Å²) in [5.74, 6) is 1.79. The fourth-order valence-electron chi connectivity index (χ4n) is 3.02. The number of ether oxygens (including phenoxy) is 1. The summed E-state index contributed by atoms with van der Waals surface area (Å²) in [5, 5.41) is 6.76. The molecule has 1 aliphatic rings. The van der Waals surface area contributed by atoms with Gasteiger partial charge in [0.25, 0.3) is 0 Å². The average Bonchev–Trinajstić information content (AvgIpc) is 2.64. The second kappa shape index (κ2) is 13.1. The number of hydrogen-bond donors (Lipinski definition) is 2. The van der Waals surface area contributed by atoms with Crippen LogP contribution in [-0.2, 0) is 0 Å². The molecule has 0 spiro atoms. The smallest absolute Gasteiger partial charge is 0.191 e. The zero-order valence-corrected chi connectivity index (χ0v) is 19.0. The molecular weight excluding hydrogens is 458 g/mol. The molecule has 7 heteroatoms. The van der Waals surface area contributed by atoms with Crippen LogP contribution in [0.4, 0.5) is 4.39 Å². The molecule has 154 valence electrons. The maximum Gasteiger partial charge on any atom is 0.191 e. The van der Waals surface area contributed by atoms with E-state index >= 15 is 0 Å². The summed E-state index contributed by atoms with van der Waals surface area (Å²) in [7, 11) is 2.18. The summed E-state index contributed by atoms with van der Waals surface area (Å²) < 4.78 is 19.2. The Hall–Kier alpha value is -1.09. The van der Waals surface area contributed by atoms with Crippen LogP contribution in [0, 0.1) is 11.7 Å². The van der Waals surface area contributed by atoms with Crippen molar-refractivity contribution in [1.29, 1.82) is 0 Å². The van der Waals surface area contributed by atoms with Crippen LogP contribution in [0.15, 0.2) is 29.3 Å². The van der Waals surface area contributed by atoms with Gasteiger partial charge in [-0.05, 0) is 64.4 Å². The predicted octanol–water partition coefficient (Wildman–Crippen LogP) is 3.50. The molecule has 2 N–H and O–H groups in total. The maximum absolute atomic E-state index is 13.3. The largest absolute Gasteiger partial charge is 0.488 e. The second-order valence-corrected chi connectivity index (χ2v) is 6.95. The zero-order valence-electron chi connectivity index (χ0n) is 16.7. The number of likely N-dealkylation sites (tertiary alicyclic amines) is 1. The van der Waals surface area contributed by atoms with Gasteiger partial charge in [-0.25, -0.2) is 9.38 Å². The van der Waals surface area contributed by atoms with E-state index in [4.69, 9.17) is 4.74 Å². The third-order valence-corrected chi connectivity index (χ3v) is 4.75. The van der Waals surface area contributed by atoms with Crippen molar-refractivity contribution in [2.45, 2.75) is 39.2 Å². The number of rotatable bonds is 8. The van der Waals surface area contributed by atoms with Gasteiger partial charge >= 0.3 is 0 Å². The van der Waals surface area contributed by atoms with E-state index in [0.717, 1.165) is 25.5 Å². The van der Waals surface area contributed by atoms with Crippen molar-refractivity contribution >= 4 is 29.9 Å². The lowest BCUT2D eigenvalue weighted by atomic mass is 9.97. The van der Waals surface area contributed by atoms with Gasteiger partial charge in [0.2, 0.25) is 0 Å². The number of piperidine rings is 1. The number of benzene rings is 1. The van der Waals surface area contributed by atoms with E-state index < -0.39 is 0 Å². The van der Waals surface area contributed by atoms with Gasteiger partial charge in [0.05, 0.1) is 6.54 Å². The standard InChI is InChI=1S/C20H33FN4O.HI/c1-4-18(26-19-8-6-7-17(21)13-19)15-24-20(22-5-2)23-14-16-9-11-25(3)12-10-16;/h6-8,13,16,18H,4-5,9-12,14-15H2,1-3H3,(H2,22,23,24);1H. The predicted molar refractivity (Wildman–Crippen MR) is 121 cm³/mol. The molecule has 1 unspecified atom stereocenters. The van der Waals surface area contributed by atoms with Crippen LogP contribution in [0.2, 0.25) is 0 Å². The molecule has 1 aromatic carbocycles. The Morgan fingerprint density at radius 1 is 1.30 bits per heavy atom. The highest BCUT2D eigenvalue weighted by atomic mass is 127. The second-order valence-electron chi connectivity index (χ2n) is 6.95. The Balaban J connectivity index is 0.00000364. The molecule has 0 radical (unpaired) electrons. The maximum atomic E-state index is 13.3. The van der Waals surface area contributed by atoms with Crippen LogP contribution in [0.1, 0.15) is 33.1 Å². The van der Waals surface area contributed by atoms with Crippen molar-refractivity contribution in [3.05, 3.63) is 30.1 Å². The fourth-order valence-corrected chi connectivity index (χ4v) is 3.02. The number of nitrogens with zero attached hydrogens (tertiary/aromatic N) is 2. The van der Waals surface area contributed by atoms with Crippen molar-refractivity contribution < 1.29 is 9.13 Å². The number of aliphatic imine (C=N–C) groups is 1. The number of guanidine groups is 1. The topological polar surface area (TPSA) is 48.9 Å². The Kier molecular flexibility index (Phi) is 11.7. The highest BCUT2D eigenvalue weighted by Gasteiger charge is 2.17. The van der Waals surface area contributed by atoms with Crippen LogP contribution < -0.4 is 15.4 Å². The van der Waals surface area contributed by atoms with E-state index in [-0.39, 0.29) is 35.9 Å². The van der Waals surface area contributed by atoms with Crippen molar-refractivity contribution in [2.75, 3.05) is 39.8 Å². The van der Waals surface area contributed by atoms with Gasteiger partial charge in [-0.1, -0.05) is 13.0 Å². The quantitative estimate of drug-likeness (QED) is 0.332. The minimum absolute atomic E-state index is 0. The van der Waals surface area contributed by atoms with E-state index in [2.05, 4.69) is 41.4 Å². The summed E-state index contributed by atoms with van der Waals surface area (Å²) in [6.07, 6.45) is 3.19. The van der Waals surface area contributed by atoms with Crippen LogP contribution in [0.25, 0.3) is 0 Å². The summed E-state index contributed by atoms with van der Waals surface area (Å²) in [6.45, 7) is 8.75. The number of halogens is 2. The summed E-state index contributed by atoms with van der Waals surface area (Å²) in [4.78, 5) is 7.05. The van der Waals surface area contributed by atoms with Crippen LogP contribution >= 0.6 is 24.0 Å². The van der Waals surface area contributed by atoms with Crippen molar-refractivity contribution in [3.8, 4) is 5.75 Å². The zero-order chi connectivity index (χ0) is 18.8. The molecule has 0 aromatic heterocycles. The lowest BCUT2D eigenvalue weighted by molar-refractivity contribution is 0.204. The lowest BCUT2D eigenvalue weighted by Crippen LogP contribution is -2.42. The van der Waals surface area contributed by atoms with Gasteiger partial charge in [-0.15, -0.1) is 24.0 Å². The van der Waals surface area contributed by atoms with Gasteiger partial charge in [-0.3, -0.25) is 0 Å². The molecule has 5 nitrogen and oxygen atoms in total. The van der Waals surface area contributed by atoms with Crippen molar-refractivity contribution in [1.82, 2.24) is 15.5 Å². The SMILES string of the molecule is CCNC(=NCC(CC)Oc1cccc(F)c1)NCC1CCN(C)CC1.I. The van der Waals surface area contributed by atoms with Gasteiger partial charge in [0.1, 0.15) is 17.7 Å².